The van der Waals surface area contributed by atoms with Crippen molar-refractivity contribution in [3.05, 3.63) is 34.9 Å². The van der Waals surface area contributed by atoms with Crippen molar-refractivity contribution in [2.75, 3.05) is 6.61 Å². The highest BCUT2D eigenvalue weighted by atomic mass is 16.5. The molecule has 2 fully saturated rings. The molecule has 1 nitrogen and oxygen atoms in total. The Hall–Kier alpha value is -0.820. The van der Waals surface area contributed by atoms with E-state index < -0.39 is 0 Å². The van der Waals surface area contributed by atoms with Gasteiger partial charge in [-0.15, -0.1) is 0 Å². The van der Waals surface area contributed by atoms with Crippen molar-refractivity contribution in [3.63, 3.8) is 0 Å². The maximum atomic E-state index is 6.22. The molecule has 0 heterocycles. The van der Waals surface area contributed by atoms with Crippen LogP contribution in [0.1, 0.15) is 101 Å². The highest BCUT2D eigenvalue weighted by molar-refractivity contribution is 5.36. The van der Waals surface area contributed by atoms with Crippen LogP contribution >= 0.6 is 0 Å². The molecule has 0 saturated heterocycles. The predicted molar refractivity (Wildman–Crippen MR) is 114 cm³/mol. The van der Waals surface area contributed by atoms with Gasteiger partial charge in [0.15, 0.2) is 0 Å². The highest BCUT2D eigenvalue weighted by Crippen LogP contribution is 2.47. The van der Waals surface area contributed by atoms with Crippen LogP contribution in [0.4, 0.5) is 0 Å². The van der Waals surface area contributed by atoms with E-state index >= 15 is 0 Å². The van der Waals surface area contributed by atoms with Crippen LogP contribution in [0.3, 0.4) is 0 Å². The van der Waals surface area contributed by atoms with E-state index in [1.165, 1.54) is 77.0 Å². The summed E-state index contributed by atoms with van der Waals surface area (Å²) in [6, 6.07) is 7.53. The van der Waals surface area contributed by atoms with Gasteiger partial charge in [-0.3, -0.25) is 0 Å². The van der Waals surface area contributed by atoms with E-state index in [1.807, 2.05) is 0 Å². The topological polar surface area (TPSA) is 9.23 Å². The first-order chi connectivity index (χ1) is 13.2. The second-order valence-electron chi connectivity index (χ2n) is 9.92. The number of hydrogen-bond acceptors (Lipinski definition) is 1. The first-order valence-electron chi connectivity index (χ1n) is 12.0. The number of unbranched alkanes of at least 4 members (excludes halogenated alkanes) is 2. The van der Waals surface area contributed by atoms with Gasteiger partial charge in [0.05, 0.1) is 6.10 Å². The fraction of sp³-hybridized carbons (Fsp3) is 0.769. The van der Waals surface area contributed by atoms with Gasteiger partial charge in [-0.05, 0) is 105 Å². The Bertz CT molecular complexity index is 606. The summed E-state index contributed by atoms with van der Waals surface area (Å²) in [5.74, 6) is 3.58. The van der Waals surface area contributed by atoms with Crippen LogP contribution in [0, 0.1) is 17.8 Å². The van der Waals surface area contributed by atoms with E-state index in [0.717, 1.165) is 30.3 Å². The summed E-state index contributed by atoms with van der Waals surface area (Å²) in [6.07, 6.45) is 16.7. The Morgan fingerprint density at radius 2 is 1.78 bits per heavy atom. The number of benzene rings is 1. The van der Waals surface area contributed by atoms with Crippen molar-refractivity contribution in [1.82, 2.24) is 0 Å². The third-order valence-corrected chi connectivity index (χ3v) is 7.84. The molecule has 0 amide bonds. The molecule has 2 saturated carbocycles. The molecule has 0 bridgehead atoms. The number of hydrogen-bond donors (Lipinski definition) is 0. The van der Waals surface area contributed by atoms with E-state index in [2.05, 4.69) is 32.0 Å². The number of aryl methyl sites for hydroxylation is 1. The van der Waals surface area contributed by atoms with E-state index in [4.69, 9.17) is 4.74 Å². The predicted octanol–water partition coefficient (Wildman–Crippen LogP) is 7.07. The van der Waals surface area contributed by atoms with Crippen molar-refractivity contribution in [2.45, 2.75) is 103 Å². The van der Waals surface area contributed by atoms with Gasteiger partial charge in [-0.1, -0.05) is 44.9 Å². The lowest BCUT2D eigenvalue weighted by Crippen LogP contribution is -2.34. The van der Waals surface area contributed by atoms with Gasteiger partial charge in [0, 0.05) is 6.61 Å². The van der Waals surface area contributed by atoms with Gasteiger partial charge in [0.25, 0.3) is 0 Å². The monoisotopic (exact) mass is 368 g/mol. The Balaban J connectivity index is 1.31. The second kappa shape index (κ2) is 9.12. The molecule has 0 spiro atoms. The molecule has 5 atom stereocenters. The lowest BCUT2D eigenvalue weighted by molar-refractivity contribution is -0.0162. The van der Waals surface area contributed by atoms with Crippen LogP contribution in [0.15, 0.2) is 18.2 Å². The van der Waals surface area contributed by atoms with Crippen molar-refractivity contribution in [3.8, 4) is 0 Å². The smallest absolute Gasteiger partial charge is 0.0578 e. The zero-order valence-corrected chi connectivity index (χ0v) is 17.7. The molecule has 0 N–H and O–H groups in total. The van der Waals surface area contributed by atoms with Crippen LogP contribution in [0.5, 0.6) is 0 Å². The Morgan fingerprint density at radius 3 is 2.67 bits per heavy atom. The van der Waals surface area contributed by atoms with Crippen molar-refractivity contribution < 1.29 is 4.74 Å². The molecule has 150 valence electrons. The highest BCUT2D eigenvalue weighted by Gasteiger charge is 2.36. The zero-order chi connectivity index (χ0) is 18.6. The summed E-state index contributed by atoms with van der Waals surface area (Å²) in [5.41, 5.74) is 4.95. The van der Waals surface area contributed by atoms with E-state index in [1.54, 1.807) is 16.7 Å². The molecule has 1 aromatic carbocycles. The van der Waals surface area contributed by atoms with Crippen LogP contribution in [0.2, 0.25) is 0 Å². The number of ether oxygens (including phenoxy) is 1. The molecule has 0 aliphatic heterocycles. The summed E-state index contributed by atoms with van der Waals surface area (Å²) in [7, 11) is 0. The maximum Gasteiger partial charge on any atom is 0.0578 e. The standard InChI is InChI=1S/C26H40O/c1-3-4-5-14-27-26-13-12-24-17-23(10-11-25(24)18-26)22-9-8-20-15-19(2)6-7-21(20)16-22/h8-9,16,19,23-26H,3-7,10-15,17-18H2,1-2H3. The van der Waals surface area contributed by atoms with Crippen molar-refractivity contribution in [2.24, 2.45) is 17.8 Å². The molecule has 3 aliphatic rings. The zero-order valence-electron chi connectivity index (χ0n) is 17.7. The molecule has 1 aromatic rings. The van der Waals surface area contributed by atoms with E-state index in [0.29, 0.717) is 6.10 Å². The van der Waals surface area contributed by atoms with Crippen molar-refractivity contribution >= 4 is 0 Å². The quantitative estimate of drug-likeness (QED) is 0.488. The lowest BCUT2D eigenvalue weighted by atomic mass is 9.65. The molecule has 4 rings (SSSR count). The third-order valence-electron chi connectivity index (χ3n) is 7.84. The SMILES string of the molecule is CCCCCOC1CCC2CC(c3ccc4c(c3)CCC(C)C4)CCC2C1. The first kappa shape index (κ1) is 19.5. The minimum atomic E-state index is 0.561. The summed E-state index contributed by atoms with van der Waals surface area (Å²) in [6.45, 7) is 5.67. The van der Waals surface area contributed by atoms with Crippen LogP contribution < -0.4 is 0 Å². The van der Waals surface area contributed by atoms with E-state index in [9.17, 15) is 0 Å². The molecule has 5 unspecified atom stereocenters. The fourth-order valence-electron chi connectivity index (χ4n) is 6.11. The van der Waals surface area contributed by atoms with Gasteiger partial charge >= 0.3 is 0 Å². The van der Waals surface area contributed by atoms with Crippen molar-refractivity contribution in [1.29, 1.82) is 0 Å². The second-order valence-corrected chi connectivity index (χ2v) is 9.92. The number of fused-ring (bicyclic) bond motifs is 2. The van der Waals surface area contributed by atoms with Crippen LogP contribution in [-0.4, -0.2) is 12.7 Å². The van der Waals surface area contributed by atoms with Gasteiger partial charge < -0.3 is 4.74 Å². The minimum Gasteiger partial charge on any atom is -0.378 e. The van der Waals surface area contributed by atoms with Gasteiger partial charge in [0.1, 0.15) is 0 Å². The molecule has 27 heavy (non-hydrogen) atoms. The largest absolute Gasteiger partial charge is 0.378 e. The molecule has 0 aromatic heterocycles. The summed E-state index contributed by atoms with van der Waals surface area (Å²) in [5, 5.41) is 0. The molecule has 3 aliphatic carbocycles. The van der Waals surface area contributed by atoms with Crippen LogP contribution in [-0.2, 0) is 17.6 Å². The third kappa shape index (κ3) is 4.78. The van der Waals surface area contributed by atoms with Gasteiger partial charge in [-0.2, -0.15) is 0 Å². The lowest BCUT2D eigenvalue weighted by Gasteiger charge is -2.42. The Morgan fingerprint density at radius 1 is 0.926 bits per heavy atom. The summed E-state index contributed by atoms with van der Waals surface area (Å²) in [4.78, 5) is 0. The Kier molecular flexibility index (Phi) is 6.58. The van der Waals surface area contributed by atoms with Crippen LogP contribution in [0.25, 0.3) is 0 Å². The van der Waals surface area contributed by atoms with Gasteiger partial charge in [-0.25, -0.2) is 0 Å². The maximum absolute atomic E-state index is 6.22. The molecular formula is C26H40O. The average molecular weight is 369 g/mol. The molecule has 0 radical (unpaired) electrons. The normalized spacial score (nSPS) is 33.3. The number of rotatable bonds is 6. The van der Waals surface area contributed by atoms with Gasteiger partial charge in [0.2, 0.25) is 0 Å². The summed E-state index contributed by atoms with van der Waals surface area (Å²) >= 11 is 0. The fourth-order valence-corrected chi connectivity index (χ4v) is 6.11. The summed E-state index contributed by atoms with van der Waals surface area (Å²) < 4.78 is 6.22. The molecule has 1 heteroatoms. The first-order valence-corrected chi connectivity index (χ1v) is 12.0. The Labute approximate surface area is 167 Å². The minimum absolute atomic E-state index is 0.561. The molecular weight excluding hydrogens is 328 g/mol. The average Bonchev–Trinajstić information content (AvgIpc) is 2.70. The van der Waals surface area contributed by atoms with E-state index in [-0.39, 0.29) is 0 Å².